The maximum atomic E-state index is 12.2. The molecule has 1 aromatic rings. The van der Waals surface area contributed by atoms with Crippen LogP contribution >= 0.6 is 15.9 Å². The van der Waals surface area contributed by atoms with E-state index < -0.39 is 0 Å². The quantitative estimate of drug-likeness (QED) is 0.746. The summed E-state index contributed by atoms with van der Waals surface area (Å²) in [5.41, 5.74) is 0.473. The molecule has 2 heterocycles. The molecule has 0 aliphatic carbocycles. The zero-order valence-corrected chi connectivity index (χ0v) is 11.5. The number of carbonyl (C=O) groups is 1. The van der Waals surface area contributed by atoms with Crippen molar-refractivity contribution in [3.05, 3.63) is 28.5 Å². The van der Waals surface area contributed by atoms with Crippen LogP contribution in [0.4, 0.5) is 0 Å². The number of ether oxygens (including phenoxy) is 1. The second kappa shape index (κ2) is 5.14. The lowest BCUT2D eigenvalue weighted by Crippen LogP contribution is -2.48. The van der Waals surface area contributed by atoms with Gasteiger partial charge in [-0.2, -0.15) is 0 Å². The number of morpholine rings is 1. The van der Waals surface area contributed by atoms with Crippen LogP contribution < -0.4 is 0 Å². The average Bonchev–Trinajstić information content (AvgIpc) is 2.26. The molecule has 1 aromatic heterocycles. The first kappa shape index (κ1) is 12.5. The molecule has 4 nitrogen and oxygen atoms in total. The van der Waals surface area contributed by atoms with E-state index in [4.69, 9.17) is 4.74 Å². The van der Waals surface area contributed by atoms with E-state index in [0.717, 1.165) is 0 Å². The standard InChI is InChI=1S/C12H15BrN2O2/c1-8-6-15(7-9(2)17-8)12(16)10-4-3-5-11(13)14-10/h3-5,8-9H,6-7H2,1-2H3/t8-,9+. The summed E-state index contributed by atoms with van der Waals surface area (Å²) in [5.74, 6) is -0.0340. The van der Waals surface area contributed by atoms with E-state index in [1.807, 2.05) is 19.9 Å². The smallest absolute Gasteiger partial charge is 0.272 e. The predicted molar refractivity (Wildman–Crippen MR) is 67.8 cm³/mol. The Balaban J connectivity index is 2.14. The summed E-state index contributed by atoms with van der Waals surface area (Å²) in [6.07, 6.45) is 0.157. The van der Waals surface area contributed by atoms with E-state index in [1.165, 1.54) is 0 Å². The van der Waals surface area contributed by atoms with Gasteiger partial charge in [-0.25, -0.2) is 4.98 Å². The van der Waals surface area contributed by atoms with Crippen LogP contribution in [-0.2, 0) is 4.74 Å². The number of rotatable bonds is 1. The molecule has 5 heteroatoms. The van der Waals surface area contributed by atoms with Gasteiger partial charge in [0.2, 0.25) is 0 Å². The molecule has 17 heavy (non-hydrogen) atoms. The van der Waals surface area contributed by atoms with Gasteiger partial charge in [-0.1, -0.05) is 6.07 Å². The van der Waals surface area contributed by atoms with Crippen molar-refractivity contribution in [3.8, 4) is 0 Å². The van der Waals surface area contributed by atoms with Crippen molar-refractivity contribution in [2.45, 2.75) is 26.1 Å². The van der Waals surface area contributed by atoms with Crippen LogP contribution in [0, 0.1) is 0 Å². The minimum Gasteiger partial charge on any atom is -0.372 e. The molecule has 0 spiro atoms. The Bertz CT molecular complexity index is 415. The molecular formula is C12H15BrN2O2. The summed E-state index contributed by atoms with van der Waals surface area (Å²) in [5, 5.41) is 0. The van der Waals surface area contributed by atoms with Crippen LogP contribution in [0.15, 0.2) is 22.8 Å². The van der Waals surface area contributed by atoms with Gasteiger partial charge in [0.05, 0.1) is 12.2 Å². The second-order valence-electron chi connectivity index (χ2n) is 4.31. The van der Waals surface area contributed by atoms with Gasteiger partial charge in [-0.05, 0) is 41.9 Å². The predicted octanol–water partition coefficient (Wildman–Crippen LogP) is 2.09. The molecule has 1 saturated heterocycles. The Morgan fingerprint density at radius 3 is 2.65 bits per heavy atom. The fraction of sp³-hybridized carbons (Fsp3) is 0.500. The lowest BCUT2D eigenvalue weighted by atomic mass is 10.2. The summed E-state index contributed by atoms with van der Waals surface area (Å²) in [6, 6.07) is 5.36. The number of aromatic nitrogens is 1. The van der Waals surface area contributed by atoms with Crippen molar-refractivity contribution >= 4 is 21.8 Å². The first-order chi connectivity index (χ1) is 8.06. The van der Waals surface area contributed by atoms with Gasteiger partial charge >= 0.3 is 0 Å². The first-order valence-corrected chi connectivity index (χ1v) is 6.43. The third-order valence-electron chi connectivity index (χ3n) is 2.64. The number of hydrogen-bond donors (Lipinski definition) is 0. The third-order valence-corrected chi connectivity index (χ3v) is 3.08. The summed E-state index contributed by atoms with van der Waals surface area (Å²) >= 11 is 3.27. The normalized spacial score (nSPS) is 24.8. The third kappa shape index (κ3) is 3.04. The molecule has 1 fully saturated rings. The minimum atomic E-state index is -0.0340. The number of amides is 1. The molecule has 92 valence electrons. The maximum Gasteiger partial charge on any atom is 0.272 e. The molecule has 0 radical (unpaired) electrons. The van der Waals surface area contributed by atoms with E-state index >= 15 is 0 Å². The van der Waals surface area contributed by atoms with Crippen LogP contribution in [0.5, 0.6) is 0 Å². The molecule has 0 aromatic carbocycles. The van der Waals surface area contributed by atoms with Gasteiger partial charge in [0, 0.05) is 13.1 Å². The summed E-state index contributed by atoms with van der Waals surface area (Å²) in [6.45, 7) is 5.20. The van der Waals surface area contributed by atoms with Crippen molar-refractivity contribution in [3.63, 3.8) is 0 Å². The van der Waals surface area contributed by atoms with Crippen molar-refractivity contribution in [2.75, 3.05) is 13.1 Å². The fourth-order valence-corrected chi connectivity index (χ4v) is 2.38. The van der Waals surface area contributed by atoms with E-state index in [1.54, 1.807) is 17.0 Å². The molecular weight excluding hydrogens is 284 g/mol. The Morgan fingerprint density at radius 2 is 2.06 bits per heavy atom. The van der Waals surface area contributed by atoms with Crippen LogP contribution in [0.1, 0.15) is 24.3 Å². The van der Waals surface area contributed by atoms with Crippen LogP contribution in [0.2, 0.25) is 0 Å². The Morgan fingerprint density at radius 1 is 1.41 bits per heavy atom. The molecule has 1 aliphatic heterocycles. The molecule has 0 saturated carbocycles. The summed E-state index contributed by atoms with van der Waals surface area (Å²) in [4.78, 5) is 18.2. The van der Waals surface area contributed by atoms with Crippen molar-refractivity contribution in [2.24, 2.45) is 0 Å². The van der Waals surface area contributed by atoms with E-state index in [9.17, 15) is 4.79 Å². The number of halogens is 1. The summed E-state index contributed by atoms with van der Waals surface area (Å²) in [7, 11) is 0. The number of hydrogen-bond acceptors (Lipinski definition) is 3. The van der Waals surface area contributed by atoms with Gasteiger partial charge in [-0.3, -0.25) is 4.79 Å². The molecule has 2 rings (SSSR count). The lowest BCUT2D eigenvalue weighted by molar-refractivity contribution is -0.0587. The average molecular weight is 299 g/mol. The van der Waals surface area contributed by atoms with Gasteiger partial charge in [-0.15, -0.1) is 0 Å². The zero-order chi connectivity index (χ0) is 12.4. The SMILES string of the molecule is C[C@@H]1CN(C(=O)c2cccc(Br)n2)C[C@H](C)O1. The van der Waals surface area contributed by atoms with E-state index in [-0.39, 0.29) is 18.1 Å². The number of pyridine rings is 1. The molecule has 0 N–H and O–H groups in total. The highest BCUT2D eigenvalue weighted by Crippen LogP contribution is 2.14. The lowest BCUT2D eigenvalue weighted by Gasteiger charge is -2.35. The Kier molecular flexibility index (Phi) is 3.79. The van der Waals surface area contributed by atoms with Crippen molar-refractivity contribution in [1.82, 2.24) is 9.88 Å². The molecule has 1 amide bonds. The monoisotopic (exact) mass is 298 g/mol. The number of nitrogens with zero attached hydrogens (tertiary/aromatic N) is 2. The highest BCUT2D eigenvalue weighted by molar-refractivity contribution is 9.10. The van der Waals surface area contributed by atoms with Crippen molar-refractivity contribution in [1.29, 1.82) is 0 Å². The minimum absolute atomic E-state index is 0.0340. The van der Waals surface area contributed by atoms with Crippen molar-refractivity contribution < 1.29 is 9.53 Å². The second-order valence-corrected chi connectivity index (χ2v) is 5.13. The fourth-order valence-electron chi connectivity index (χ4n) is 2.03. The molecule has 2 atom stereocenters. The van der Waals surface area contributed by atoms with Crippen LogP contribution in [0.25, 0.3) is 0 Å². The number of carbonyl (C=O) groups excluding carboxylic acids is 1. The zero-order valence-electron chi connectivity index (χ0n) is 9.89. The highest BCUT2D eigenvalue weighted by Gasteiger charge is 2.27. The molecule has 0 bridgehead atoms. The van der Waals surface area contributed by atoms with Crippen LogP contribution in [-0.4, -0.2) is 41.1 Å². The maximum absolute atomic E-state index is 12.2. The highest BCUT2D eigenvalue weighted by atomic mass is 79.9. The molecule has 0 unspecified atom stereocenters. The van der Waals surface area contributed by atoms with Gasteiger partial charge in [0.1, 0.15) is 10.3 Å². The summed E-state index contributed by atoms with van der Waals surface area (Å²) < 4.78 is 6.28. The Hall–Kier alpha value is -0.940. The first-order valence-electron chi connectivity index (χ1n) is 5.63. The van der Waals surface area contributed by atoms with Gasteiger partial charge < -0.3 is 9.64 Å². The van der Waals surface area contributed by atoms with E-state index in [2.05, 4.69) is 20.9 Å². The van der Waals surface area contributed by atoms with Gasteiger partial charge in [0.15, 0.2) is 0 Å². The largest absolute Gasteiger partial charge is 0.372 e. The van der Waals surface area contributed by atoms with Crippen LogP contribution in [0.3, 0.4) is 0 Å². The Labute approximate surface area is 109 Å². The van der Waals surface area contributed by atoms with E-state index in [0.29, 0.717) is 23.4 Å². The molecule has 1 aliphatic rings. The van der Waals surface area contributed by atoms with Gasteiger partial charge in [0.25, 0.3) is 5.91 Å². The topological polar surface area (TPSA) is 42.4 Å².